The van der Waals surface area contributed by atoms with E-state index < -0.39 is 10.7 Å². The first-order valence-corrected chi connectivity index (χ1v) is 5.39. The van der Waals surface area contributed by atoms with Gasteiger partial charge in [0.2, 0.25) is 5.91 Å². The number of carbonyl (C=O) groups is 1. The van der Waals surface area contributed by atoms with Crippen LogP contribution in [0.15, 0.2) is 30.9 Å². The van der Waals surface area contributed by atoms with Gasteiger partial charge in [0, 0.05) is 24.9 Å². The van der Waals surface area contributed by atoms with Crippen molar-refractivity contribution in [1.82, 2.24) is 0 Å². The lowest BCUT2D eigenvalue weighted by atomic mass is 10.1. The SMILES string of the molecule is C=CC1CC(=O)N(c2cc(F)cc([N+](=O)[O-])c2)C1. The van der Waals surface area contributed by atoms with Crippen molar-refractivity contribution in [2.75, 3.05) is 11.4 Å². The monoisotopic (exact) mass is 250 g/mol. The first-order valence-electron chi connectivity index (χ1n) is 5.39. The van der Waals surface area contributed by atoms with Gasteiger partial charge in [-0.1, -0.05) is 6.08 Å². The van der Waals surface area contributed by atoms with Crippen LogP contribution in [-0.2, 0) is 4.79 Å². The van der Waals surface area contributed by atoms with Gasteiger partial charge in [-0.05, 0) is 6.07 Å². The quantitative estimate of drug-likeness (QED) is 0.469. The maximum atomic E-state index is 13.3. The first-order chi connectivity index (χ1) is 8.51. The summed E-state index contributed by atoms with van der Waals surface area (Å²) in [6.07, 6.45) is 1.96. The molecule has 5 nitrogen and oxygen atoms in total. The number of carbonyl (C=O) groups excluding carboxylic acids is 1. The van der Waals surface area contributed by atoms with Crippen LogP contribution in [0.3, 0.4) is 0 Å². The Hall–Kier alpha value is -2.24. The van der Waals surface area contributed by atoms with Crippen LogP contribution in [0, 0.1) is 21.8 Å². The van der Waals surface area contributed by atoms with Crippen LogP contribution in [-0.4, -0.2) is 17.4 Å². The first kappa shape index (κ1) is 12.2. The molecule has 1 aromatic carbocycles. The Morgan fingerprint density at radius 1 is 1.50 bits per heavy atom. The van der Waals surface area contributed by atoms with E-state index in [0.29, 0.717) is 13.0 Å². The summed E-state index contributed by atoms with van der Waals surface area (Å²) in [4.78, 5) is 23.0. The number of hydrogen-bond donors (Lipinski definition) is 0. The molecule has 1 amide bonds. The van der Waals surface area contributed by atoms with E-state index in [9.17, 15) is 19.3 Å². The van der Waals surface area contributed by atoms with Crippen LogP contribution in [0.2, 0.25) is 0 Å². The standard InChI is InChI=1S/C12H11FN2O3/c1-2-8-3-12(16)14(7-8)10-4-9(13)5-11(6-10)15(17)18/h2,4-6,8H,1,3,7H2. The highest BCUT2D eigenvalue weighted by molar-refractivity contribution is 5.96. The number of benzene rings is 1. The number of nitro benzene ring substituents is 1. The fourth-order valence-corrected chi connectivity index (χ4v) is 1.96. The van der Waals surface area contributed by atoms with E-state index in [0.717, 1.165) is 12.1 Å². The molecule has 1 heterocycles. The zero-order chi connectivity index (χ0) is 13.3. The summed E-state index contributed by atoms with van der Waals surface area (Å²) in [5.41, 5.74) is -0.143. The Morgan fingerprint density at radius 2 is 2.22 bits per heavy atom. The topological polar surface area (TPSA) is 63.5 Å². The van der Waals surface area contributed by atoms with Crippen LogP contribution in [0.4, 0.5) is 15.8 Å². The molecule has 0 radical (unpaired) electrons. The average Bonchev–Trinajstić information content (AvgIpc) is 2.69. The molecule has 6 heteroatoms. The molecule has 18 heavy (non-hydrogen) atoms. The molecule has 0 bridgehead atoms. The number of anilines is 1. The van der Waals surface area contributed by atoms with Crippen molar-refractivity contribution in [3.63, 3.8) is 0 Å². The van der Waals surface area contributed by atoms with E-state index in [4.69, 9.17) is 0 Å². The molecule has 1 atom stereocenters. The van der Waals surface area contributed by atoms with E-state index in [-0.39, 0.29) is 23.2 Å². The van der Waals surface area contributed by atoms with Crippen LogP contribution in [0.25, 0.3) is 0 Å². The van der Waals surface area contributed by atoms with Gasteiger partial charge in [-0.15, -0.1) is 6.58 Å². The Balaban J connectivity index is 2.36. The largest absolute Gasteiger partial charge is 0.311 e. The minimum absolute atomic E-state index is 0.000163. The highest BCUT2D eigenvalue weighted by atomic mass is 19.1. The molecule has 2 rings (SSSR count). The van der Waals surface area contributed by atoms with Gasteiger partial charge in [-0.3, -0.25) is 14.9 Å². The summed E-state index contributed by atoms with van der Waals surface area (Å²) in [6.45, 7) is 3.99. The van der Waals surface area contributed by atoms with Gasteiger partial charge >= 0.3 is 0 Å². The van der Waals surface area contributed by atoms with Gasteiger partial charge in [0.1, 0.15) is 5.82 Å². The second-order valence-electron chi connectivity index (χ2n) is 4.13. The lowest BCUT2D eigenvalue weighted by molar-refractivity contribution is -0.385. The van der Waals surface area contributed by atoms with Crippen molar-refractivity contribution in [3.05, 3.63) is 46.8 Å². The summed E-state index contributed by atoms with van der Waals surface area (Å²) >= 11 is 0. The Labute approximate surface area is 103 Å². The van der Waals surface area contributed by atoms with Crippen LogP contribution >= 0.6 is 0 Å². The third-order valence-electron chi connectivity index (χ3n) is 2.88. The molecule has 1 aromatic rings. The zero-order valence-electron chi connectivity index (χ0n) is 9.51. The number of hydrogen-bond acceptors (Lipinski definition) is 3. The molecule has 1 saturated heterocycles. The van der Waals surface area contributed by atoms with Crippen molar-refractivity contribution in [2.45, 2.75) is 6.42 Å². The summed E-state index contributed by atoms with van der Waals surface area (Å²) in [7, 11) is 0. The highest BCUT2D eigenvalue weighted by Gasteiger charge is 2.29. The number of non-ortho nitro benzene ring substituents is 1. The zero-order valence-corrected chi connectivity index (χ0v) is 9.51. The van der Waals surface area contributed by atoms with Gasteiger partial charge in [0.25, 0.3) is 5.69 Å². The van der Waals surface area contributed by atoms with Crippen LogP contribution < -0.4 is 4.90 Å². The third-order valence-corrected chi connectivity index (χ3v) is 2.88. The van der Waals surface area contributed by atoms with Crippen LogP contribution in [0.5, 0.6) is 0 Å². The fraction of sp³-hybridized carbons (Fsp3) is 0.250. The van der Waals surface area contributed by atoms with Gasteiger partial charge in [0.15, 0.2) is 0 Å². The molecule has 0 aromatic heterocycles. The number of halogens is 1. The molecule has 0 spiro atoms. The minimum atomic E-state index is -0.728. The predicted molar refractivity (Wildman–Crippen MR) is 63.7 cm³/mol. The molecule has 1 aliphatic heterocycles. The lowest BCUT2D eigenvalue weighted by Gasteiger charge is -2.15. The van der Waals surface area contributed by atoms with E-state index >= 15 is 0 Å². The number of nitro groups is 1. The lowest BCUT2D eigenvalue weighted by Crippen LogP contribution is -2.24. The average molecular weight is 250 g/mol. The van der Waals surface area contributed by atoms with Gasteiger partial charge in [-0.2, -0.15) is 0 Å². The van der Waals surface area contributed by atoms with E-state index in [1.807, 2.05) is 0 Å². The van der Waals surface area contributed by atoms with Crippen molar-refractivity contribution < 1.29 is 14.1 Å². The smallest absolute Gasteiger partial charge is 0.274 e. The minimum Gasteiger partial charge on any atom is -0.311 e. The van der Waals surface area contributed by atoms with E-state index in [1.54, 1.807) is 6.08 Å². The third kappa shape index (κ3) is 2.22. The normalized spacial score (nSPS) is 19.1. The van der Waals surface area contributed by atoms with Crippen molar-refractivity contribution >= 4 is 17.3 Å². The molecule has 1 unspecified atom stereocenters. The predicted octanol–water partition coefficient (Wildman–Crippen LogP) is 2.27. The summed E-state index contributed by atoms with van der Waals surface area (Å²) in [6, 6.07) is 3.15. The van der Waals surface area contributed by atoms with Gasteiger partial charge < -0.3 is 4.90 Å². The van der Waals surface area contributed by atoms with Crippen molar-refractivity contribution in [1.29, 1.82) is 0 Å². The maximum Gasteiger partial charge on any atom is 0.274 e. The van der Waals surface area contributed by atoms with Gasteiger partial charge in [-0.25, -0.2) is 4.39 Å². The Kier molecular flexibility index (Phi) is 3.10. The second-order valence-corrected chi connectivity index (χ2v) is 4.13. The Bertz CT molecular complexity index is 530. The number of nitrogens with zero attached hydrogens (tertiary/aromatic N) is 2. The maximum absolute atomic E-state index is 13.3. The Morgan fingerprint density at radius 3 is 2.78 bits per heavy atom. The molecule has 0 aliphatic carbocycles. The van der Waals surface area contributed by atoms with Crippen molar-refractivity contribution in [2.24, 2.45) is 5.92 Å². The molecular formula is C12H11FN2O3. The number of amides is 1. The summed E-state index contributed by atoms with van der Waals surface area (Å²) in [5, 5.41) is 10.6. The second kappa shape index (κ2) is 4.56. The molecular weight excluding hydrogens is 239 g/mol. The molecule has 1 fully saturated rings. The highest BCUT2D eigenvalue weighted by Crippen LogP contribution is 2.29. The van der Waals surface area contributed by atoms with E-state index in [2.05, 4.69) is 6.58 Å². The fourth-order valence-electron chi connectivity index (χ4n) is 1.96. The van der Waals surface area contributed by atoms with E-state index in [1.165, 1.54) is 11.0 Å². The molecule has 0 N–H and O–H groups in total. The molecule has 1 aliphatic rings. The van der Waals surface area contributed by atoms with Crippen LogP contribution in [0.1, 0.15) is 6.42 Å². The summed E-state index contributed by atoms with van der Waals surface area (Å²) < 4.78 is 13.3. The van der Waals surface area contributed by atoms with Crippen molar-refractivity contribution in [3.8, 4) is 0 Å². The molecule has 94 valence electrons. The summed E-state index contributed by atoms with van der Waals surface area (Å²) in [5.74, 6) is -0.909. The molecule has 0 saturated carbocycles. The van der Waals surface area contributed by atoms with Gasteiger partial charge in [0.05, 0.1) is 16.7 Å². The number of rotatable bonds is 3.